The molecule has 0 unspecified atom stereocenters. The summed E-state index contributed by atoms with van der Waals surface area (Å²) < 4.78 is 23.3. The van der Waals surface area contributed by atoms with Gasteiger partial charge >= 0.3 is 5.97 Å². The van der Waals surface area contributed by atoms with Crippen LogP contribution in [-0.2, 0) is 14.3 Å². The van der Waals surface area contributed by atoms with Gasteiger partial charge in [0.1, 0.15) is 18.1 Å². The van der Waals surface area contributed by atoms with Crippen LogP contribution in [0.4, 0.5) is 10.1 Å². The zero-order valence-corrected chi connectivity index (χ0v) is 15.0. The molecule has 0 bridgehead atoms. The van der Waals surface area contributed by atoms with Gasteiger partial charge in [0.25, 0.3) is 11.8 Å². The molecule has 0 aliphatic rings. The van der Waals surface area contributed by atoms with Crippen LogP contribution in [0.1, 0.15) is 10.4 Å². The van der Waals surface area contributed by atoms with Crippen LogP contribution in [0.25, 0.3) is 0 Å². The number of benzene rings is 2. The number of esters is 1. The van der Waals surface area contributed by atoms with E-state index in [1.807, 2.05) is 0 Å². The van der Waals surface area contributed by atoms with Gasteiger partial charge in [-0.25, -0.2) is 4.39 Å². The van der Waals surface area contributed by atoms with E-state index in [0.717, 1.165) is 6.07 Å². The highest BCUT2D eigenvalue weighted by Gasteiger charge is 2.13. The molecule has 7 nitrogen and oxygen atoms in total. The average Bonchev–Trinajstić information content (AvgIpc) is 2.67. The Morgan fingerprint density at radius 3 is 2.67 bits per heavy atom. The fourth-order valence-corrected chi connectivity index (χ4v) is 2.17. The first kappa shape index (κ1) is 20.2. The molecule has 0 aromatic heterocycles. The van der Waals surface area contributed by atoms with E-state index < -0.39 is 36.8 Å². The van der Waals surface area contributed by atoms with Crippen LogP contribution in [0.2, 0.25) is 5.02 Å². The Morgan fingerprint density at radius 1 is 1.15 bits per heavy atom. The lowest BCUT2D eigenvalue weighted by molar-refractivity contribution is -0.146. The molecule has 0 aliphatic heterocycles. The van der Waals surface area contributed by atoms with Crippen molar-refractivity contribution in [2.75, 3.05) is 25.6 Å². The van der Waals surface area contributed by atoms with Gasteiger partial charge in [-0.2, -0.15) is 0 Å². The second-order valence-corrected chi connectivity index (χ2v) is 5.68. The Kier molecular flexibility index (Phi) is 7.13. The largest absolute Gasteiger partial charge is 0.497 e. The molecular formula is C18H16ClFN2O5. The van der Waals surface area contributed by atoms with Crippen LogP contribution in [0.3, 0.4) is 0 Å². The van der Waals surface area contributed by atoms with Crippen molar-refractivity contribution in [3.8, 4) is 5.75 Å². The van der Waals surface area contributed by atoms with Gasteiger partial charge in [-0.15, -0.1) is 0 Å². The van der Waals surface area contributed by atoms with E-state index >= 15 is 0 Å². The summed E-state index contributed by atoms with van der Waals surface area (Å²) in [6, 6.07) is 10.0. The molecule has 0 heterocycles. The lowest BCUT2D eigenvalue weighted by Crippen LogP contribution is -2.32. The van der Waals surface area contributed by atoms with Gasteiger partial charge in [0.15, 0.2) is 6.61 Å². The van der Waals surface area contributed by atoms with E-state index in [0.29, 0.717) is 11.3 Å². The number of halogens is 2. The highest BCUT2D eigenvalue weighted by molar-refractivity contribution is 6.30. The zero-order valence-electron chi connectivity index (χ0n) is 14.3. The summed E-state index contributed by atoms with van der Waals surface area (Å²) >= 11 is 5.72. The summed E-state index contributed by atoms with van der Waals surface area (Å²) in [5, 5.41) is 4.83. The van der Waals surface area contributed by atoms with Crippen molar-refractivity contribution in [1.29, 1.82) is 0 Å². The number of hydrogen-bond acceptors (Lipinski definition) is 5. The standard InChI is InChI=1S/C18H16ClFN2O5/c1-26-13-4-2-3-11(7-13)18(25)21-9-17(24)27-10-16(23)22-15-8-12(19)5-6-14(15)20/h2-8H,9-10H2,1H3,(H,21,25)(H,22,23). The fraction of sp³-hybridized carbons (Fsp3) is 0.167. The first-order chi connectivity index (χ1) is 12.9. The third kappa shape index (κ3) is 6.27. The van der Waals surface area contributed by atoms with E-state index in [1.165, 1.54) is 25.3 Å². The van der Waals surface area contributed by atoms with Crippen molar-refractivity contribution in [2.24, 2.45) is 0 Å². The smallest absolute Gasteiger partial charge is 0.325 e. The van der Waals surface area contributed by atoms with E-state index in [2.05, 4.69) is 10.6 Å². The topological polar surface area (TPSA) is 93.7 Å². The maximum Gasteiger partial charge on any atom is 0.325 e. The number of amides is 2. The van der Waals surface area contributed by atoms with Gasteiger partial charge < -0.3 is 20.1 Å². The quantitative estimate of drug-likeness (QED) is 0.703. The Bertz CT molecular complexity index is 859. The normalized spacial score (nSPS) is 10.0. The molecule has 142 valence electrons. The molecule has 0 saturated carbocycles. The van der Waals surface area contributed by atoms with Gasteiger partial charge in [0, 0.05) is 10.6 Å². The molecule has 0 aliphatic carbocycles. The third-order valence-corrected chi connectivity index (χ3v) is 3.53. The van der Waals surface area contributed by atoms with Gasteiger partial charge in [0.2, 0.25) is 0 Å². The molecule has 2 N–H and O–H groups in total. The molecule has 2 aromatic carbocycles. The van der Waals surface area contributed by atoms with E-state index in [9.17, 15) is 18.8 Å². The molecule has 9 heteroatoms. The van der Waals surface area contributed by atoms with Crippen LogP contribution in [-0.4, -0.2) is 38.0 Å². The molecule has 2 amide bonds. The fourth-order valence-electron chi connectivity index (χ4n) is 2.00. The molecule has 2 aromatic rings. The van der Waals surface area contributed by atoms with E-state index in [1.54, 1.807) is 18.2 Å². The predicted molar refractivity (Wildman–Crippen MR) is 96.3 cm³/mol. The molecular weight excluding hydrogens is 379 g/mol. The predicted octanol–water partition coefficient (Wildman–Crippen LogP) is 2.40. The number of rotatable bonds is 7. The molecule has 0 atom stereocenters. The van der Waals surface area contributed by atoms with Crippen LogP contribution >= 0.6 is 11.6 Å². The first-order valence-corrected chi connectivity index (χ1v) is 8.09. The number of carbonyl (C=O) groups excluding carboxylic acids is 3. The van der Waals surface area contributed by atoms with Crippen molar-refractivity contribution < 1.29 is 28.2 Å². The maximum absolute atomic E-state index is 13.5. The van der Waals surface area contributed by atoms with Crippen LogP contribution in [0.5, 0.6) is 5.75 Å². The van der Waals surface area contributed by atoms with Gasteiger partial charge in [-0.05, 0) is 36.4 Å². The summed E-state index contributed by atoms with van der Waals surface area (Å²) in [4.78, 5) is 35.3. The summed E-state index contributed by atoms with van der Waals surface area (Å²) in [6.07, 6.45) is 0. The molecule has 2 rings (SSSR count). The molecule has 27 heavy (non-hydrogen) atoms. The average molecular weight is 395 g/mol. The maximum atomic E-state index is 13.5. The Morgan fingerprint density at radius 2 is 1.93 bits per heavy atom. The Balaban J connectivity index is 1.77. The van der Waals surface area contributed by atoms with Crippen LogP contribution in [0, 0.1) is 5.82 Å². The van der Waals surface area contributed by atoms with Gasteiger partial charge in [0.05, 0.1) is 12.8 Å². The molecule has 0 radical (unpaired) electrons. The molecule has 0 saturated heterocycles. The number of methoxy groups -OCH3 is 1. The van der Waals surface area contributed by atoms with Crippen molar-refractivity contribution >= 4 is 35.1 Å². The monoisotopic (exact) mass is 394 g/mol. The Labute approximate surface area is 159 Å². The van der Waals surface area contributed by atoms with E-state index in [4.69, 9.17) is 21.1 Å². The second kappa shape index (κ2) is 9.54. The molecule has 0 fully saturated rings. The lowest BCUT2D eigenvalue weighted by Gasteiger charge is -2.09. The lowest BCUT2D eigenvalue weighted by atomic mass is 10.2. The van der Waals surface area contributed by atoms with Gasteiger partial charge in [-0.3, -0.25) is 14.4 Å². The number of anilines is 1. The summed E-state index contributed by atoms with van der Waals surface area (Å²) in [7, 11) is 1.47. The summed E-state index contributed by atoms with van der Waals surface area (Å²) in [5.41, 5.74) is 0.172. The van der Waals surface area contributed by atoms with Crippen molar-refractivity contribution in [3.63, 3.8) is 0 Å². The van der Waals surface area contributed by atoms with Gasteiger partial charge in [-0.1, -0.05) is 17.7 Å². The minimum absolute atomic E-state index is 0.130. The highest BCUT2D eigenvalue weighted by Crippen LogP contribution is 2.19. The zero-order chi connectivity index (χ0) is 19.8. The number of hydrogen-bond donors (Lipinski definition) is 2. The summed E-state index contributed by atoms with van der Waals surface area (Å²) in [5.74, 6) is -2.26. The number of nitrogens with one attached hydrogen (secondary N) is 2. The number of ether oxygens (including phenoxy) is 2. The minimum atomic E-state index is -0.826. The minimum Gasteiger partial charge on any atom is -0.497 e. The van der Waals surface area contributed by atoms with Crippen molar-refractivity contribution in [2.45, 2.75) is 0 Å². The Hall–Kier alpha value is -3.13. The highest BCUT2D eigenvalue weighted by atomic mass is 35.5. The van der Waals surface area contributed by atoms with E-state index in [-0.39, 0.29) is 10.7 Å². The molecule has 0 spiro atoms. The SMILES string of the molecule is COc1cccc(C(=O)NCC(=O)OCC(=O)Nc2cc(Cl)ccc2F)c1. The first-order valence-electron chi connectivity index (χ1n) is 7.72. The second-order valence-electron chi connectivity index (χ2n) is 5.25. The summed E-state index contributed by atoms with van der Waals surface area (Å²) in [6.45, 7) is -1.07. The third-order valence-electron chi connectivity index (χ3n) is 3.29. The van der Waals surface area contributed by atoms with Crippen molar-refractivity contribution in [3.05, 3.63) is 58.9 Å². The number of carbonyl (C=O) groups is 3. The van der Waals surface area contributed by atoms with Crippen LogP contribution < -0.4 is 15.4 Å². The van der Waals surface area contributed by atoms with Crippen molar-refractivity contribution in [1.82, 2.24) is 5.32 Å². The van der Waals surface area contributed by atoms with Crippen LogP contribution in [0.15, 0.2) is 42.5 Å².